The molecule has 5 nitrogen and oxygen atoms in total. The van der Waals surface area contributed by atoms with E-state index in [1.165, 1.54) is 19.9 Å². The number of halogens is 5. The van der Waals surface area contributed by atoms with E-state index < -0.39 is 57.6 Å². The van der Waals surface area contributed by atoms with E-state index in [-0.39, 0.29) is 33.0 Å². The van der Waals surface area contributed by atoms with Crippen molar-refractivity contribution in [1.29, 1.82) is 5.26 Å². The molecule has 3 aromatic rings. The number of aryl methyl sites for hydroxylation is 2. The molecule has 0 fully saturated rings. The standard InChI is InChI=1S/C20H12F5N3O2.Mn/c1-7-4-10(5-12(21)8(7)2)19(29)13-9(3)27-28(20(13)30)18-16(24)14(22)11(6-26)15(23)17(18)25;/h4-5,30H,1-3H3;. The number of benzene rings is 2. The number of aromatic nitrogens is 2. The largest absolute Gasteiger partial charge is 0.493 e. The Hall–Kier alpha value is -3.22. The minimum Gasteiger partial charge on any atom is -0.493 e. The first kappa shape index (κ1) is 24.1. The summed E-state index contributed by atoms with van der Waals surface area (Å²) in [7, 11) is 0. The Labute approximate surface area is 183 Å². The van der Waals surface area contributed by atoms with Crippen molar-refractivity contribution in [3.63, 3.8) is 0 Å². The van der Waals surface area contributed by atoms with Crippen molar-refractivity contribution in [2.24, 2.45) is 0 Å². The zero-order valence-electron chi connectivity index (χ0n) is 16.1. The van der Waals surface area contributed by atoms with E-state index in [2.05, 4.69) is 5.10 Å². The van der Waals surface area contributed by atoms with Crippen LogP contribution in [0, 0.1) is 61.2 Å². The van der Waals surface area contributed by atoms with Crippen LogP contribution in [0.5, 0.6) is 5.88 Å². The molecule has 0 saturated carbocycles. The van der Waals surface area contributed by atoms with Gasteiger partial charge in [-0.3, -0.25) is 4.79 Å². The van der Waals surface area contributed by atoms with Gasteiger partial charge in [0, 0.05) is 22.6 Å². The van der Waals surface area contributed by atoms with Crippen LogP contribution < -0.4 is 0 Å². The fourth-order valence-electron chi connectivity index (χ4n) is 2.93. The van der Waals surface area contributed by atoms with Gasteiger partial charge in [-0.1, -0.05) is 0 Å². The van der Waals surface area contributed by atoms with Gasteiger partial charge in [0.05, 0.1) is 5.69 Å². The fraction of sp³-hybridized carbons (Fsp3) is 0.150. The first-order chi connectivity index (χ1) is 14.0. The first-order valence-corrected chi connectivity index (χ1v) is 8.37. The molecular formula is C20H12F5MnN3O2. The molecule has 1 N–H and O–H groups in total. The van der Waals surface area contributed by atoms with Crippen LogP contribution in [0.4, 0.5) is 22.0 Å². The average molecular weight is 476 g/mol. The van der Waals surface area contributed by atoms with Crippen LogP contribution >= 0.6 is 0 Å². The molecule has 1 heterocycles. The summed E-state index contributed by atoms with van der Waals surface area (Å²) in [5.74, 6) is -10.7. The monoisotopic (exact) mass is 476 g/mol. The molecular weight excluding hydrogens is 464 g/mol. The van der Waals surface area contributed by atoms with Crippen LogP contribution in [0.3, 0.4) is 0 Å². The van der Waals surface area contributed by atoms with Crippen molar-refractivity contribution in [1.82, 2.24) is 9.78 Å². The van der Waals surface area contributed by atoms with Gasteiger partial charge in [0.15, 0.2) is 29.1 Å². The molecule has 31 heavy (non-hydrogen) atoms. The third-order valence-corrected chi connectivity index (χ3v) is 4.69. The summed E-state index contributed by atoms with van der Waals surface area (Å²) < 4.78 is 70.7. The number of carbonyl (C=O) groups excluding carboxylic acids is 1. The van der Waals surface area contributed by atoms with Crippen molar-refractivity contribution in [3.8, 4) is 17.6 Å². The third-order valence-electron chi connectivity index (χ3n) is 4.69. The van der Waals surface area contributed by atoms with Crippen LogP contribution in [-0.4, -0.2) is 20.7 Å². The molecule has 2 aromatic carbocycles. The summed E-state index contributed by atoms with van der Waals surface area (Å²) in [6, 6.07) is 3.26. The van der Waals surface area contributed by atoms with Gasteiger partial charge in [-0.25, -0.2) is 22.0 Å². The van der Waals surface area contributed by atoms with E-state index in [0.717, 1.165) is 12.1 Å². The molecule has 0 unspecified atom stereocenters. The number of aromatic hydroxyl groups is 1. The molecule has 0 bridgehead atoms. The molecule has 0 aliphatic carbocycles. The number of ketones is 1. The van der Waals surface area contributed by atoms with Crippen LogP contribution in [0.25, 0.3) is 5.69 Å². The molecule has 1 aromatic heterocycles. The van der Waals surface area contributed by atoms with E-state index in [9.17, 15) is 31.9 Å². The molecule has 0 aliphatic heterocycles. The average Bonchev–Trinajstić information content (AvgIpc) is 2.98. The quantitative estimate of drug-likeness (QED) is 0.265. The molecule has 0 amide bonds. The maximum Gasteiger partial charge on any atom is 0.226 e. The van der Waals surface area contributed by atoms with E-state index in [0.29, 0.717) is 11.1 Å². The zero-order chi connectivity index (χ0) is 22.5. The Bertz CT molecular complexity index is 1230. The van der Waals surface area contributed by atoms with Crippen molar-refractivity contribution < 1.29 is 48.9 Å². The van der Waals surface area contributed by atoms with Crippen LogP contribution in [0.1, 0.15) is 38.3 Å². The maximum absolute atomic E-state index is 14.3. The van der Waals surface area contributed by atoms with Crippen LogP contribution in [-0.2, 0) is 17.1 Å². The molecule has 1 radical (unpaired) electrons. The van der Waals surface area contributed by atoms with Crippen LogP contribution in [0.2, 0.25) is 0 Å². The number of rotatable bonds is 3. The number of hydrogen-bond acceptors (Lipinski definition) is 4. The van der Waals surface area contributed by atoms with Gasteiger partial charge in [0.1, 0.15) is 28.7 Å². The predicted molar refractivity (Wildman–Crippen MR) is 93.8 cm³/mol. The van der Waals surface area contributed by atoms with E-state index in [1.54, 1.807) is 6.92 Å². The third kappa shape index (κ3) is 3.69. The van der Waals surface area contributed by atoms with E-state index in [1.807, 2.05) is 0 Å². The Morgan fingerprint density at radius 3 is 2.06 bits per heavy atom. The topological polar surface area (TPSA) is 78.9 Å². The Morgan fingerprint density at radius 2 is 1.58 bits per heavy atom. The van der Waals surface area contributed by atoms with Crippen molar-refractivity contribution >= 4 is 5.78 Å². The molecule has 0 spiro atoms. The van der Waals surface area contributed by atoms with Crippen LogP contribution in [0.15, 0.2) is 12.1 Å². The minimum atomic E-state index is -1.99. The van der Waals surface area contributed by atoms with Gasteiger partial charge in [0.25, 0.3) is 0 Å². The second-order valence-corrected chi connectivity index (χ2v) is 6.52. The zero-order valence-corrected chi connectivity index (χ0v) is 17.3. The second-order valence-electron chi connectivity index (χ2n) is 6.52. The smallest absolute Gasteiger partial charge is 0.226 e. The summed E-state index contributed by atoms with van der Waals surface area (Å²) in [6.07, 6.45) is 0. The maximum atomic E-state index is 14.3. The molecule has 161 valence electrons. The predicted octanol–water partition coefficient (Wildman–Crippen LogP) is 4.30. The van der Waals surface area contributed by atoms with E-state index in [4.69, 9.17) is 5.26 Å². The molecule has 3 rings (SSSR count). The van der Waals surface area contributed by atoms with Gasteiger partial charge in [0.2, 0.25) is 5.88 Å². The summed E-state index contributed by atoms with van der Waals surface area (Å²) in [5, 5.41) is 22.7. The Morgan fingerprint density at radius 1 is 1.03 bits per heavy atom. The number of nitriles is 1. The van der Waals surface area contributed by atoms with Gasteiger partial charge in [-0.2, -0.15) is 15.0 Å². The molecule has 0 saturated heterocycles. The molecule has 0 aliphatic rings. The van der Waals surface area contributed by atoms with Gasteiger partial charge in [-0.15, -0.1) is 0 Å². The van der Waals surface area contributed by atoms with Crippen molar-refractivity contribution in [2.45, 2.75) is 20.8 Å². The Kier molecular flexibility index (Phi) is 6.59. The van der Waals surface area contributed by atoms with Crippen molar-refractivity contribution in [3.05, 3.63) is 74.7 Å². The summed E-state index contributed by atoms with van der Waals surface area (Å²) in [5.41, 5.74) is -3.14. The summed E-state index contributed by atoms with van der Waals surface area (Å²) >= 11 is 0. The van der Waals surface area contributed by atoms with E-state index >= 15 is 0 Å². The van der Waals surface area contributed by atoms with Gasteiger partial charge in [-0.05, 0) is 44.0 Å². The van der Waals surface area contributed by atoms with Gasteiger partial charge < -0.3 is 5.11 Å². The van der Waals surface area contributed by atoms with Crippen molar-refractivity contribution in [2.75, 3.05) is 0 Å². The van der Waals surface area contributed by atoms with Gasteiger partial charge >= 0.3 is 0 Å². The SMILES string of the molecule is Cc1cc(C(=O)c2c(C)nn(-c3c(F)c(F)c(C#N)c(F)c3F)c2O)cc(F)c1C.[Mn]. The summed E-state index contributed by atoms with van der Waals surface area (Å²) in [4.78, 5) is 12.8. The summed E-state index contributed by atoms with van der Waals surface area (Å²) in [6.45, 7) is 4.25. The normalized spacial score (nSPS) is 10.5. The second kappa shape index (κ2) is 8.49. The molecule has 11 heteroatoms. The fourth-order valence-corrected chi connectivity index (χ4v) is 2.93. The first-order valence-electron chi connectivity index (χ1n) is 8.37. The minimum absolute atomic E-state index is 0. The number of nitrogens with zero attached hydrogens (tertiary/aromatic N) is 3. The molecule has 0 atom stereocenters. The number of carbonyl (C=O) groups is 1. The number of hydrogen-bond donors (Lipinski definition) is 1. The Balaban J connectivity index is 0.00000341.